The Labute approximate surface area is 168 Å². The van der Waals surface area contributed by atoms with Gasteiger partial charge < -0.3 is 14.2 Å². The summed E-state index contributed by atoms with van der Waals surface area (Å²) in [6, 6.07) is 10.1. The van der Waals surface area contributed by atoms with E-state index < -0.39 is 23.5 Å². The summed E-state index contributed by atoms with van der Waals surface area (Å²) in [6.07, 6.45) is -0.294. The number of hydrogen-bond donors (Lipinski definition) is 0. The summed E-state index contributed by atoms with van der Waals surface area (Å²) >= 11 is 0. The summed E-state index contributed by atoms with van der Waals surface area (Å²) in [5, 5.41) is 0. The van der Waals surface area contributed by atoms with Gasteiger partial charge in [0, 0.05) is 11.1 Å². The second kappa shape index (κ2) is 8.59. The zero-order valence-electron chi connectivity index (χ0n) is 17.0. The second-order valence-corrected chi connectivity index (χ2v) is 7.23. The van der Waals surface area contributed by atoms with E-state index in [0.29, 0.717) is 0 Å². The highest BCUT2D eigenvalue weighted by atomic mass is 19.3. The van der Waals surface area contributed by atoms with Gasteiger partial charge in [0.15, 0.2) is 5.60 Å². The van der Waals surface area contributed by atoms with Gasteiger partial charge in [-0.1, -0.05) is 12.1 Å². The van der Waals surface area contributed by atoms with E-state index in [2.05, 4.69) is 4.74 Å². The quantitative estimate of drug-likeness (QED) is 0.623. The molecule has 0 saturated carbocycles. The fourth-order valence-corrected chi connectivity index (χ4v) is 2.52. The molecule has 2 aromatic carbocycles. The van der Waals surface area contributed by atoms with Crippen molar-refractivity contribution < 1.29 is 32.6 Å². The lowest BCUT2D eigenvalue weighted by Crippen LogP contribution is -2.40. The Morgan fingerprint density at radius 3 is 1.83 bits per heavy atom. The molecule has 0 amide bonds. The Balaban J connectivity index is 2.18. The summed E-state index contributed by atoms with van der Waals surface area (Å²) in [6.45, 7) is 6.54. The van der Waals surface area contributed by atoms with Crippen LogP contribution < -0.4 is 4.74 Å². The molecular formula is C22H24F2O5. The van der Waals surface area contributed by atoms with E-state index in [1.54, 1.807) is 27.7 Å². The van der Waals surface area contributed by atoms with E-state index in [0.717, 1.165) is 0 Å². The number of benzene rings is 2. The van der Waals surface area contributed by atoms with Crippen molar-refractivity contribution in [1.82, 2.24) is 0 Å². The smallest absolute Gasteiger partial charge is 0.350 e. The van der Waals surface area contributed by atoms with Crippen molar-refractivity contribution in [1.29, 1.82) is 0 Å². The molecule has 0 bridgehead atoms. The first kappa shape index (κ1) is 22.3. The zero-order valence-corrected chi connectivity index (χ0v) is 17.0. The molecule has 7 heteroatoms. The maximum absolute atomic E-state index is 14.8. The van der Waals surface area contributed by atoms with Gasteiger partial charge in [-0.3, -0.25) is 0 Å². The number of rotatable bonds is 7. The first-order valence-corrected chi connectivity index (χ1v) is 9.04. The van der Waals surface area contributed by atoms with Crippen LogP contribution in [0.1, 0.15) is 49.2 Å². The molecule has 156 valence electrons. The zero-order chi connectivity index (χ0) is 21.8. The van der Waals surface area contributed by atoms with E-state index in [-0.39, 0.29) is 28.5 Å². The van der Waals surface area contributed by atoms with Crippen molar-refractivity contribution in [2.24, 2.45) is 0 Å². The summed E-state index contributed by atoms with van der Waals surface area (Å²) in [5.74, 6) is -4.16. The predicted octanol–water partition coefficient (Wildman–Crippen LogP) is 4.72. The molecule has 0 aromatic heterocycles. The molecule has 2 aromatic rings. The summed E-state index contributed by atoms with van der Waals surface area (Å²) in [7, 11) is 1.22. The van der Waals surface area contributed by atoms with E-state index >= 15 is 0 Å². The van der Waals surface area contributed by atoms with Crippen LogP contribution in [0, 0.1) is 0 Å². The fourth-order valence-electron chi connectivity index (χ4n) is 2.52. The van der Waals surface area contributed by atoms with Crippen LogP contribution in [0.3, 0.4) is 0 Å². The normalized spacial score (nSPS) is 11.9. The van der Waals surface area contributed by atoms with Crippen molar-refractivity contribution in [3.63, 3.8) is 0 Å². The number of carbonyl (C=O) groups excluding carboxylic acids is 2. The fraction of sp³-hybridized carbons (Fsp3) is 0.364. The van der Waals surface area contributed by atoms with Gasteiger partial charge in [-0.15, -0.1) is 0 Å². The molecule has 5 nitrogen and oxygen atoms in total. The Morgan fingerprint density at radius 2 is 1.38 bits per heavy atom. The van der Waals surface area contributed by atoms with Gasteiger partial charge in [-0.2, -0.15) is 8.78 Å². The van der Waals surface area contributed by atoms with Crippen molar-refractivity contribution in [2.45, 2.75) is 45.3 Å². The highest BCUT2D eigenvalue weighted by Crippen LogP contribution is 2.36. The van der Waals surface area contributed by atoms with Crippen molar-refractivity contribution >= 4 is 11.9 Å². The van der Waals surface area contributed by atoms with Gasteiger partial charge in [0.25, 0.3) is 5.92 Å². The van der Waals surface area contributed by atoms with Crippen LogP contribution in [0.5, 0.6) is 5.75 Å². The average Bonchev–Trinajstić information content (AvgIpc) is 2.67. The third-order valence-electron chi connectivity index (χ3n) is 4.09. The number of halogens is 2. The van der Waals surface area contributed by atoms with Crippen LogP contribution >= 0.6 is 0 Å². The Bertz CT molecular complexity index is 856. The van der Waals surface area contributed by atoms with E-state index in [4.69, 9.17) is 9.47 Å². The van der Waals surface area contributed by atoms with Gasteiger partial charge in [0.2, 0.25) is 0 Å². The predicted molar refractivity (Wildman–Crippen MR) is 103 cm³/mol. The lowest BCUT2D eigenvalue weighted by molar-refractivity contribution is -0.163. The largest absolute Gasteiger partial charge is 0.476 e. The lowest BCUT2D eigenvalue weighted by atomic mass is 9.99. The van der Waals surface area contributed by atoms with Crippen molar-refractivity contribution in [3.8, 4) is 5.75 Å². The van der Waals surface area contributed by atoms with Gasteiger partial charge in [-0.25, -0.2) is 9.59 Å². The van der Waals surface area contributed by atoms with Crippen LogP contribution in [-0.2, 0) is 20.2 Å². The third-order valence-corrected chi connectivity index (χ3v) is 4.09. The van der Waals surface area contributed by atoms with Gasteiger partial charge in [0.05, 0.1) is 18.8 Å². The van der Waals surface area contributed by atoms with Gasteiger partial charge in [-0.05, 0) is 64.1 Å². The maximum atomic E-state index is 14.8. The average molecular weight is 406 g/mol. The van der Waals surface area contributed by atoms with Crippen LogP contribution in [0.25, 0.3) is 0 Å². The number of esters is 2. The lowest BCUT2D eigenvalue weighted by Gasteiger charge is -2.26. The first-order valence-electron chi connectivity index (χ1n) is 9.04. The van der Waals surface area contributed by atoms with Crippen LogP contribution in [0.4, 0.5) is 8.78 Å². The summed E-state index contributed by atoms with van der Waals surface area (Å²) in [5.41, 5.74) is -1.60. The minimum Gasteiger partial charge on any atom is -0.476 e. The number of hydrogen-bond acceptors (Lipinski definition) is 5. The molecule has 0 fully saturated rings. The minimum atomic E-state index is -3.28. The van der Waals surface area contributed by atoms with Crippen LogP contribution in [0.2, 0.25) is 0 Å². The molecule has 0 aliphatic rings. The topological polar surface area (TPSA) is 61.8 Å². The summed E-state index contributed by atoms with van der Waals surface area (Å²) in [4.78, 5) is 23.5. The monoisotopic (exact) mass is 406 g/mol. The molecule has 29 heavy (non-hydrogen) atoms. The molecule has 0 N–H and O–H groups in total. The standard InChI is InChI=1S/C22H24F2O5/c1-14(2)28-20(26)21(3,4)29-18-12-10-17(11-13-18)22(23,24)16-8-6-15(7-9-16)19(25)27-5/h6-14H,1-5H3. The molecule has 0 atom stereocenters. The van der Waals surface area contributed by atoms with Crippen molar-refractivity contribution in [2.75, 3.05) is 7.11 Å². The molecule has 0 aliphatic heterocycles. The number of methoxy groups -OCH3 is 1. The molecule has 0 spiro atoms. The Morgan fingerprint density at radius 1 is 0.897 bits per heavy atom. The molecule has 0 aliphatic carbocycles. The van der Waals surface area contributed by atoms with Crippen molar-refractivity contribution in [3.05, 3.63) is 65.2 Å². The molecule has 0 heterocycles. The maximum Gasteiger partial charge on any atom is 0.350 e. The molecule has 0 unspecified atom stereocenters. The number of carbonyl (C=O) groups is 2. The first-order chi connectivity index (χ1) is 13.5. The molecule has 0 radical (unpaired) electrons. The third kappa shape index (κ3) is 5.31. The summed E-state index contributed by atoms with van der Waals surface area (Å²) < 4.78 is 45.0. The Kier molecular flexibility index (Phi) is 6.62. The van der Waals surface area contributed by atoms with E-state index in [1.807, 2.05) is 0 Å². The van der Waals surface area contributed by atoms with Gasteiger partial charge in [0.1, 0.15) is 5.75 Å². The van der Waals surface area contributed by atoms with Crippen LogP contribution in [-0.4, -0.2) is 30.8 Å². The van der Waals surface area contributed by atoms with Gasteiger partial charge >= 0.3 is 11.9 Å². The highest BCUT2D eigenvalue weighted by Gasteiger charge is 2.35. The molecule has 2 rings (SSSR count). The highest BCUT2D eigenvalue weighted by molar-refractivity contribution is 5.89. The molecule has 0 saturated heterocycles. The van der Waals surface area contributed by atoms with E-state index in [1.165, 1.54) is 55.6 Å². The van der Waals surface area contributed by atoms with E-state index in [9.17, 15) is 18.4 Å². The molecular weight excluding hydrogens is 382 g/mol. The second-order valence-electron chi connectivity index (χ2n) is 7.23. The number of ether oxygens (including phenoxy) is 3. The SMILES string of the molecule is COC(=O)c1ccc(C(F)(F)c2ccc(OC(C)(C)C(=O)OC(C)C)cc2)cc1. The Hall–Kier alpha value is -2.96. The van der Waals surface area contributed by atoms with Crippen LogP contribution in [0.15, 0.2) is 48.5 Å². The number of alkyl halides is 2. The minimum absolute atomic E-state index is 0.186.